The van der Waals surface area contributed by atoms with Gasteiger partial charge in [0.15, 0.2) is 5.57 Å². The van der Waals surface area contributed by atoms with E-state index in [1.165, 1.54) is 46.8 Å². The maximum Gasteiger partial charge on any atom is 0.416 e. The number of nitrogens with one attached hydrogen (secondary N) is 1. The van der Waals surface area contributed by atoms with Crippen LogP contribution in [0, 0.1) is 17.1 Å². The van der Waals surface area contributed by atoms with Crippen molar-refractivity contribution in [3.8, 4) is 11.8 Å². The van der Waals surface area contributed by atoms with E-state index >= 15 is 0 Å². The Hall–Kier alpha value is -4.29. The third kappa shape index (κ3) is 6.78. The van der Waals surface area contributed by atoms with Crippen molar-refractivity contribution in [3.63, 3.8) is 0 Å². The van der Waals surface area contributed by atoms with E-state index in [1.807, 2.05) is 0 Å². The lowest BCUT2D eigenvalue weighted by Crippen LogP contribution is -2.35. The Morgan fingerprint density at radius 3 is 2.39 bits per heavy atom. The molecule has 1 aliphatic heterocycles. The van der Waals surface area contributed by atoms with Gasteiger partial charge in [-0.2, -0.15) is 22.7 Å². The number of alkyl halides is 3. The SMILES string of the molecule is N#C/C(C(=O)Nc1cccc(S(=O)(=O)N2CCCCC2)c1)=c1\s/c(=C/c2c(F)cccc2Cl)c(=O)n1-c1cccc(C(F)(F)F)c1. The zero-order chi connectivity index (χ0) is 33.2. The zero-order valence-electron chi connectivity index (χ0n) is 23.6. The molecule has 46 heavy (non-hydrogen) atoms. The predicted molar refractivity (Wildman–Crippen MR) is 166 cm³/mol. The highest BCUT2D eigenvalue weighted by Gasteiger charge is 2.31. The number of piperidine rings is 1. The number of amides is 1. The summed E-state index contributed by atoms with van der Waals surface area (Å²) in [5, 5.41) is 12.5. The molecule has 238 valence electrons. The average Bonchev–Trinajstić information content (AvgIpc) is 3.34. The molecule has 1 amide bonds. The number of benzene rings is 3. The number of hydrogen-bond donors (Lipinski definition) is 1. The van der Waals surface area contributed by atoms with Gasteiger partial charge in [-0.25, -0.2) is 12.8 Å². The third-order valence-electron chi connectivity index (χ3n) is 7.13. The molecule has 1 fully saturated rings. The van der Waals surface area contributed by atoms with Crippen LogP contribution in [0.25, 0.3) is 17.3 Å². The summed E-state index contributed by atoms with van der Waals surface area (Å²) in [6.07, 6.45) is -1.35. The second kappa shape index (κ2) is 13.2. The first kappa shape index (κ1) is 33.1. The Morgan fingerprint density at radius 2 is 1.72 bits per heavy atom. The van der Waals surface area contributed by atoms with E-state index in [0.29, 0.717) is 43.3 Å². The van der Waals surface area contributed by atoms with Crippen molar-refractivity contribution in [2.24, 2.45) is 0 Å². The van der Waals surface area contributed by atoms with Crippen molar-refractivity contribution in [3.05, 3.63) is 108 Å². The normalized spacial score (nSPS) is 15.3. The van der Waals surface area contributed by atoms with Gasteiger partial charge in [-0.3, -0.25) is 14.2 Å². The fourth-order valence-corrected chi connectivity index (χ4v) is 7.73. The Kier molecular flexibility index (Phi) is 9.50. The first-order chi connectivity index (χ1) is 21.8. The molecule has 1 saturated heterocycles. The van der Waals surface area contributed by atoms with Crippen LogP contribution in [0.1, 0.15) is 30.4 Å². The summed E-state index contributed by atoms with van der Waals surface area (Å²) in [5.41, 5.74) is -3.16. The van der Waals surface area contributed by atoms with Crippen LogP contribution < -0.4 is 20.1 Å². The number of rotatable bonds is 6. The van der Waals surface area contributed by atoms with E-state index in [4.69, 9.17) is 11.6 Å². The Bertz CT molecular complexity index is 2150. The maximum absolute atomic E-state index is 14.6. The van der Waals surface area contributed by atoms with Gasteiger partial charge in [-0.1, -0.05) is 36.2 Å². The molecule has 0 atom stereocenters. The summed E-state index contributed by atoms with van der Waals surface area (Å²) < 4.78 is 83.2. The van der Waals surface area contributed by atoms with Crippen molar-refractivity contribution in [2.75, 3.05) is 18.4 Å². The molecule has 5 rings (SSSR count). The van der Waals surface area contributed by atoms with Gasteiger partial charge in [0.2, 0.25) is 10.0 Å². The number of hydrogen-bond acceptors (Lipinski definition) is 6. The molecular formula is C31H23ClF4N4O4S2. The topological polar surface area (TPSA) is 112 Å². The van der Waals surface area contributed by atoms with Crippen LogP contribution in [0.4, 0.5) is 23.2 Å². The summed E-state index contributed by atoms with van der Waals surface area (Å²) in [6, 6.07) is 14.6. The highest BCUT2D eigenvalue weighted by molar-refractivity contribution is 7.89. The van der Waals surface area contributed by atoms with Gasteiger partial charge in [0.25, 0.3) is 11.5 Å². The number of nitrogens with zero attached hydrogens (tertiary/aromatic N) is 3. The highest BCUT2D eigenvalue weighted by Crippen LogP contribution is 2.30. The number of anilines is 1. The van der Waals surface area contributed by atoms with Gasteiger partial charge in [-0.15, -0.1) is 11.3 Å². The van der Waals surface area contributed by atoms with Gasteiger partial charge >= 0.3 is 6.18 Å². The molecule has 1 aliphatic rings. The fourth-order valence-electron chi connectivity index (χ4n) is 4.86. The first-order valence-corrected chi connectivity index (χ1v) is 16.4. The van der Waals surface area contributed by atoms with Crippen molar-refractivity contribution < 1.29 is 30.8 Å². The molecule has 0 unspecified atom stereocenters. The molecule has 0 bridgehead atoms. The first-order valence-electron chi connectivity index (χ1n) is 13.7. The smallest absolute Gasteiger partial charge is 0.321 e. The highest BCUT2D eigenvalue weighted by atomic mass is 35.5. The van der Waals surface area contributed by atoms with Gasteiger partial charge in [0.1, 0.15) is 16.5 Å². The maximum atomic E-state index is 14.6. The van der Waals surface area contributed by atoms with E-state index in [2.05, 4.69) is 5.32 Å². The second-order valence-corrected chi connectivity index (χ2v) is 13.5. The molecule has 0 spiro atoms. The summed E-state index contributed by atoms with van der Waals surface area (Å²) >= 11 is 6.69. The number of halogens is 5. The zero-order valence-corrected chi connectivity index (χ0v) is 26.0. The van der Waals surface area contributed by atoms with Gasteiger partial charge in [-0.05, 0) is 67.4 Å². The van der Waals surface area contributed by atoms with Crippen LogP contribution in [0.3, 0.4) is 0 Å². The molecule has 15 heteroatoms. The number of nitriles is 1. The van der Waals surface area contributed by atoms with Crippen molar-refractivity contribution >= 4 is 56.2 Å². The number of carbonyl (C=O) groups is 1. The molecule has 0 saturated carbocycles. The van der Waals surface area contributed by atoms with Crippen LogP contribution >= 0.6 is 22.9 Å². The van der Waals surface area contributed by atoms with E-state index in [1.54, 1.807) is 6.07 Å². The molecule has 8 nitrogen and oxygen atoms in total. The largest absolute Gasteiger partial charge is 0.416 e. The lowest BCUT2D eigenvalue weighted by Gasteiger charge is -2.26. The number of carbonyl (C=O) groups excluding carboxylic acids is 1. The predicted octanol–water partition coefficient (Wildman–Crippen LogP) is 5.03. The second-order valence-electron chi connectivity index (χ2n) is 10.2. The Morgan fingerprint density at radius 1 is 1.02 bits per heavy atom. The van der Waals surface area contributed by atoms with Crippen molar-refractivity contribution in [2.45, 2.75) is 30.3 Å². The fraction of sp³-hybridized carbons (Fsp3) is 0.194. The van der Waals surface area contributed by atoms with E-state index in [-0.39, 0.29) is 36.1 Å². The minimum absolute atomic E-state index is 0.0188. The minimum Gasteiger partial charge on any atom is -0.321 e. The van der Waals surface area contributed by atoms with Gasteiger partial charge in [0.05, 0.1) is 25.7 Å². The van der Waals surface area contributed by atoms with E-state index in [9.17, 15) is 40.8 Å². The lowest BCUT2D eigenvalue weighted by atomic mass is 10.2. The summed E-state index contributed by atoms with van der Waals surface area (Å²) in [7, 11) is -3.87. The van der Waals surface area contributed by atoms with Crippen LogP contribution in [-0.2, 0) is 21.0 Å². The van der Waals surface area contributed by atoms with Crippen molar-refractivity contribution in [1.82, 2.24) is 8.87 Å². The molecule has 1 N–H and O–H groups in total. The molecule has 0 radical (unpaired) electrons. The summed E-state index contributed by atoms with van der Waals surface area (Å²) in [4.78, 5) is 27.1. The number of sulfonamides is 1. The average molecular weight is 691 g/mol. The van der Waals surface area contributed by atoms with Crippen LogP contribution in [0.15, 0.2) is 76.4 Å². The van der Waals surface area contributed by atoms with Crippen LogP contribution in [0.5, 0.6) is 0 Å². The lowest BCUT2D eigenvalue weighted by molar-refractivity contribution is -0.137. The van der Waals surface area contributed by atoms with Crippen LogP contribution in [-0.4, -0.2) is 36.3 Å². The summed E-state index contributed by atoms with van der Waals surface area (Å²) in [6.45, 7) is 0.711. The minimum atomic E-state index is -4.77. The molecule has 2 heterocycles. The van der Waals surface area contributed by atoms with Crippen molar-refractivity contribution in [1.29, 1.82) is 5.26 Å². The standard InChI is InChI=1S/C31H23ClF4N4O4S2/c32-25-11-6-12-26(33)23(25)17-27-29(42)40(21-9-4-7-19(15-21)31(34,35)36)30(45-27)24(18-37)28(41)38-20-8-5-10-22(16-20)46(43,44)39-13-2-1-3-14-39/h4-12,15-17H,1-3,13-14H2,(H,38,41)/b27-17+,30-24+. The van der Waals surface area contributed by atoms with Gasteiger partial charge in [0, 0.05) is 24.3 Å². The van der Waals surface area contributed by atoms with E-state index < -0.39 is 44.6 Å². The quantitative estimate of drug-likeness (QED) is 0.286. The summed E-state index contributed by atoms with van der Waals surface area (Å²) in [5.74, 6) is -1.85. The molecule has 0 aliphatic carbocycles. The van der Waals surface area contributed by atoms with Crippen LogP contribution in [0.2, 0.25) is 5.02 Å². The van der Waals surface area contributed by atoms with Gasteiger partial charge < -0.3 is 5.32 Å². The number of aromatic nitrogens is 1. The Labute approximate surface area is 269 Å². The number of thiazole rings is 1. The Balaban J connectivity index is 1.66. The molecule has 3 aromatic carbocycles. The third-order valence-corrected chi connectivity index (χ3v) is 10.4. The molecule has 4 aromatic rings. The molecule has 1 aromatic heterocycles. The monoisotopic (exact) mass is 690 g/mol. The van der Waals surface area contributed by atoms with E-state index in [0.717, 1.165) is 35.3 Å². The molecular weight excluding hydrogens is 668 g/mol.